The Morgan fingerprint density at radius 1 is 1.39 bits per heavy atom. The third-order valence-corrected chi connectivity index (χ3v) is 4.34. The lowest BCUT2D eigenvalue weighted by atomic mass is 10.2. The maximum Gasteiger partial charge on any atom is 0.405 e. The zero-order valence-electron chi connectivity index (χ0n) is 12.5. The van der Waals surface area contributed by atoms with Gasteiger partial charge >= 0.3 is 6.09 Å². The molecule has 1 aromatic heterocycles. The first-order valence-corrected chi connectivity index (χ1v) is 9.14. The lowest BCUT2D eigenvalue weighted by Crippen LogP contribution is -2.34. The van der Waals surface area contributed by atoms with E-state index in [1.54, 1.807) is 11.8 Å². The molecule has 2 amide bonds. The maximum atomic E-state index is 12.2. The smallest absolute Gasteiger partial charge is 0.405 e. The largest absolute Gasteiger partial charge is 0.436 e. The molecule has 0 aliphatic carbocycles. The Labute approximate surface area is 142 Å². The molecule has 3 N–H and O–H groups in total. The molecule has 1 aromatic carbocycles. The molecule has 0 saturated heterocycles. The van der Waals surface area contributed by atoms with E-state index in [1.807, 2.05) is 42.0 Å². The Balaban J connectivity index is 2.03. The number of carbonyl (C=O) groups is 2. The van der Waals surface area contributed by atoms with Crippen molar-refractivity contribution < 1.29 is 14.3 Å². The molecule has 0 bridgehead atoms. The van der Waals surface area contributed by atoms with E-state index in [9.17, 15) is 9.59 Å². The number of benzene rings is 1. The van der Waals surface area contributed by atoms with E-state index in [2.05, 4.69) is 10.3 Å². The Morgan fingerprint density at radius 2 is 2.13 bits per heavy atom. The molecule has 0 fully saturated rings. The lowest BCUT2D eigenvalue weighted by molar-refractivity contribution is -0.124. The number of aromatic nitrogens is 1. The van der Waals surface area contributed by atoms with Gasteiger partial charge in [-0.2, -0.15) is 11.8 Å². The molecule has 8 heteroatoms. The molecule has 0 unspecified atom stereocenters. The second-order valence-corrected chi connectivity index (χ2v) is 6.44. The van der Waals surface area contributed by atoms with Crippen LogP contribution in [0.25, 0.3) is 11.3 Å². The van der Waals surface area contributed by atoms with Crippen LogP contribution in [0, 0.1) is 0 Å². The highest BCUT2D eigenvalue weighted by molar-refractivity contribution is 7.98. The monoisotopic (exact) mass is 351 g/mol. The van der Waals surface area contributed by atoms with E-state index >= 15 is 0 Å². The van der Waals surface area contributed by atoms with Crippen molar-refractivity contribution in [3.63, 3.8) is 0 Å². The van der Waals surface area contributed by atoms with Gasteiger partial charge in [-0.05, 0) is 12.0 Å². The number of thiazole rings is 1. The van der Waals surface area contributed by atoms with Gasteiger partial charge in [0.05, 0.1) is 5.69 Å². The SMILES string of the molecule is CSCC[C@H](OC(N)=O)C(=O)Nc1nc(-c2ccccc2)cs1. The highest BCUT2D eigenvalue weighted by atomic mass is 32.2. The van der Waals surface area contributed by atoms with Gasteiger partial charge in [-0.15, -0.1) is 11.3 Å². The van der Waals surface area contributed by atoms with E-state index in [-0.39, 0.29) is 0 Å². The minimum Gasteiger partial charge on any atom is -0.436 e. The molecule has 0 saturated carbocycles. The number of nitrogens with two attached hydrogens (primary N) is 1. The summed E-state index contributed by atoms with van der Waals surface area (Å²) in [5.41, 5.74) is 6.76. The van der Waals surface area contributed by atoms with Crippen LogP contribution in [0.1, 0.15) is 6.42 Å². The van der Waals surface area contributed by atoms with Crippen molar-refractivity contribution >= 4 is 40.2 Å². The predicted octanol–water partition coefficient (Wildman–Crippen LogP) is 2.97. The quantitative estimate of drug-likeness (QED) is 0.800. The van der Waals surface area contributed by atoms with Gasteiger partial charge in [-0.25, -0.2) is 9.78 Å². The molecular weight excluding hydrogens is 334 g/mol. The van der Waals surface area contributed by atoms with E-state index in [0.29, 0.717) is 17.3 Å². The van der Waals surface area contributed by atoms with Crippen LogP contribution in [0.4, 0.5) is 9.93 Å². The second-order valence-electron chi connectivity index (χ2n) is 4.60. The number of rotatable bonds is 7. The highest BCUT2D eigenvalue weighted by Gasteiger charge is 2.22. The fourth-order valence-electron chi connectivity index (χ4n) is 1.87. The first-order chi connectivity index (χ1) is 11.1. The summed E-state index contributed by atoms with van der Waals surface area (Å²) in [5, 5.41) is 4.99. The van der Waals surface area contributed by atoms with E-state index in [1.165, 1.54) is 11.3 Å². The van der Waals surface area contributed by atoms with Crippen LogP contribution in [0.15, 0.2) is 35.7 Å². The van der Waals surface area contributed by atoms with Crippen molar-refractivity contribution in [2.24, 2.45) is 5.73 Å². The molecular formula is C15H17N3O3S2. The molecule has 0 radical (unpaired) electrons. The van der Waals surface area contributed by atoms with Crippen LogP contribution in [-0.4, -0.2) is 35.1 Å². The van der Waals surface area contributed by atoms with Crippen LogP contribution in [0.5, 0.6) is 0 Å². The van der Waals surface area contributed by atoms with Crippen LogP contribution < -0.4 is 11.1 Å². The number of ether oxygens (including phenoxy) is 1. The van der Waals surface area contributed by atoms with Gasteiger partial charge < -0.3 is 10.5 Å². The van der Waals surface area contributed by atoms with E-state index < -0.39 is 18.1 Å². The number of amides is 2. The molecule has 0 aliphatic heterocycles. The third-order valence-electron chi connectivity index (χ3n) is 2.94. The summed E-state index contributed by atoms with van der Waals surface area (Å²) in [5.74, 6) is 0.255. The average Bonchev–Trinajstić information content (AvgIpc) is 3.00. The highest BCUT2D eigenvalue weighted by Crippen LogP contribution is 2.24. The summed E-state index contributed by atoms with van der Waals surface area (Å²) >= 11 is 2.87. The van der Waals surface area contributed by atoms with Crippen molar-refractivity contribution in [1.82, 2.24) is 4.98 Å². The fraction of sp³-hybridized carbons (Fsp3) is 0.267. The number of nitrogens with zero attached hydrogens (tertiary/aromatic N) is 1. The number of carbonyl (C=O) groups excluding carboxylic acids is 2. The molecule has 0 spiro atoms. The molecule has 2 aromatic rings. The number of nitrogens with one attached hydrogen (secondary N) is 1. The maximum absolute atomic E-state index is 12.2. The van der Waals surface area contributed by atoms with Gasteiger partial charge in [0.2, 0.25) is 0 Å². The molecule has 2 rings (SSSR count). The minimum absolute atomic E-state index is 0.396. The zero-order chi connectivity index (χ0) is 16.7. The molecule has 1 atom stereocenters. The summed E-state index contributed by atoms with van der Waals surface area (Å²) in [6.45, 7) is 0. The zero-order valence-corrected chi connectivity index (χ0v) is 14.2. The van der Waals surface area contributed by atoms with Gasteiger partial charge in [0.15, 0.2) is 11.2 Å². The van der Waals surface area contributed by atoms with Gasteiger partial charge in [0.1, 0.15) is 0 Å². The molecule has 23 heavy (non-hydrogen) atoms. The van der Waals surface area contributed by atoms with Crippen LogP contribution in [-0.2, 0) is 9.53 Å². The molecule has 0 aliphatic rings. The van der Waals surface area contributed by atoms with Crippen LogP contribution >= 0.6 is 23.1 Å². The summed E-state index contributed by atoms with van der Waals surface area (Å²) in [7, 11) is 0. The lowest BCUT2D eigenvalue weighted by Gasteiger charge is -2.14. The molecule has 122 valence electrons. The molecule has 1 heterocycles. The van der Waals surface area contributed by atoms with Crippen molar-refractivity contribution in [2.75, 3.05) is 17.3 Å². The number of thioether (sulfide) groups is 1. The standard InChI is InChI=1S/C15H17N3O3S2/c1-22-8-7-12(21-14(16)20)13(19)18-15-17-11(9-23-15)10-5-3-2-4-6-10/h2-6,9,12H,7-8H2,1H3,(H2,16,20)(H,17,18,19)/t12-/m0/s1. The Kier molecular flexibility index (Phi) is 6.42. The summed E-state index contributed by atoms with van der Waals surface area (Å²) in [6, 6.07) is 9.66. The Morgan fingerprint density at radius 3 is 2.78 bits per heavy atom. The number of primary amides is 1. The number of anilines is 1. The Hall–Kier alpha value is -2.06. The van der Waals surface area contributed by atoms with Crippen LogP contribution in [0.2, 0.25) is 0 Å². The normalized spacial score (nSPS) is 11.7. The third kappa shape index (κ3) is 5.26. The molecule has 6 nitrogen and oxygen atoms in total. The van der Waals surface area contributed by atoms with Crippen molar-refractivity contribution in [2.45, 2.75) is 12.5 Å². The summed E-state index contributed by atoms with van der Waals surface area (Å²) in [4.78, 5) is 27.5. The fourth-order valence-corrected chi connectivity index (χ4v) is 3.04. The van der Waals surface area contributed by atoms with E-state index in [4.69, 9.17) is 10.5 Å². The van der Waals surface area contributed by atoms with Gasteiger partial charge in [-0.1, -0.05) is 30.3 Å². The van der Waals surface area contributed by atoms with Crippen molar-refractivity contribution in [3.8, 4) is 11.3 Å². The number of hydrogen-bond acceptors (Lipinski definition) is 6. The van der Waals surface area contributed by atoms with Gasteiger partial charge in [0.25, 0.3) is 5.91 Å². The van der Waals surface area contributed by atoms with Crippen molar-refractivity contribution in [1.29, 1.82) is 0 Å². The van der Waals surface area contributed by atoms with Crippen molar-refractivity contribution in [3.05, 3.63) is 35.7 Å². The Bertz CT molecular complexity index is 661. The van der Waals surface area contributed by atoms with Crippen LogP contribution in [0.3, 0.4) is 0 Å². The number of hydrogen-bond donors (Lipinski definition) is 2. The van der Waals surface area contributed by atoms with Gasteiger partial charge in [0, 0.05) is 17.4 Å². The summed E-state index contributed by atoms with van der Waals surface area (Å²) in [6.07, 6.45) is 0.429. The topological polar surface area (TPSA) is 94.3 Å². The average molecular weight is 351 g/mol. The minimum atomic E-state index is -0.963. The first kappa shape index (κ1) is 17.3. The van der Waals surface area contributed by atoms with Gasteiger partial charge in [-0.3, -0.25) is 10.1 Å². The van der Waals surface area contributed by atoms with E-state index in [0.717, 1.165) is 11.3 Å². The summed E-state index contributed by atoms with van der Waals surface area (Å²) < 4.78 is 4.87. The predicted molar refractivity (Wildman–Crippen MR) is 93.6 cm³/mol. The second kappa shape index (κ2) is 8.54. The first-order valence-electron chi connectivity index (χ1n) is 6.87.